The first-order valence-corrected chi connectivity index (χ1v) is 16.6. The van der Waals surface area contributed by atoms with Crippen molar-refractivity contribution in [1.82, 2.24) is 20.1 Å². The van der Waals surface area contributed by atoms with Crippen molar-refractivity contribution in [2.45, 2.75) is 68.8 Å². The lowest BCUT2D eigenvalue weighted by Crippen LogP contribution is -2.51. The predicted molar refractivity (Wildman–Crippen MR) is 178 cm³/mol. The molecule has 2 aliphatic carbocycles. The predicted octanol–water partition coefficient (Wildman–Crippen LogP) is 5.55. The second-order valence-corrected chi connectivity index (χ2v) is 13.7. The number of aryl methyl sites for hydroxylation is 2. The Morgan fingerprint density at radius 3 is 2.49 bits per heavy atom. The van der Waals surface area contributed by atoms with Crippen LogP contribution < -0.4 is 15.5 Å². The van der Waals surface area contributed by atoms with Crippen molar-refractivity contribution < 1.29 is 18.7 Å². The number of amides is 2. The molecule has 2 saturated carbocycles. The number of carbonyl (C=O) groups excluding carboxylic acids is 2. The Hall–Kier alpha value is -4.57. The van der Waals surface area contributed by atoms with Crippen LogP contribution >= 0.6 is 0 Å². The molecule has 1 unspecified atom stereocenters. The van der Waals surface area contributed by atoms with Gasteiger partial charge in [0, 0.05) is 42.5 Å². The summed E-state index contributed by atoms with van der Waals surface area (Å²) >= 11 is 0. The molecule has 9 nitrogen and oxygen atoms in total. The Morgan fingerprint density at radius 2 is 1.83 bits per heavy atom. The fourth-order valence-electron chi connectivity index (χ4n) is 7.40. The van der Waals surface area contributed by atoms with E-state index >= 15 is 4.39 Å². The van der Waals surface area contributed by atoms with Crippen LogP contribution in [-0.2, 0) is 21.4 Å². The van der Waals surface area contributed by atoms with Crippen LogP contribution in [0.2, 0.25) is 0 Å². The molecule has 4 heterocycles. The molecule has 2 bridgehead atoms. The minimum Gasteiger partial charge on any atom is -0.374 e. The Morgan fingerprint density at radius 1 is 1.02 bits per heavy atom. The fraction of sp³-hybridized carbons (Fsp3) is 0.405. The molecule has 2 saturated heterocycles. The number of carbonyl (C=O) groups is 2. The molecule has 2 aromatic carbocycles. The normalized spacial score (nSPS) is 22.1. The highest BCUT2D eigenvalue weighted by molar-refractivity contribution is 6.00. The van der Waals surface area contributed by atoms with E-state index in [2.05, 4.69) is 37.7 Å². The number of nitrogens with zero attached hydrogens (tertiary/aromatic N) is 4. The summed E-state index contributed by atoms with van der Waals surface area (Å²) in [6.07, 6.45) is 9.16. The molecule has 2 amide bonds. The second-order valence-electron chi connectivity index (χ2n) is 13.7. The molecule has 0 spiro atoms. The topological polar surface area (TPSA) is 101 Å². The van der Waals surface area contributed by atoms with Crippen molar-refractivity contribution in [2.75, 3.05) is 23.4 Å². The Labute approximate surface area is 273 Å². The fourth-order valence-corrected chi connectivity index (χ4v) is 7.40. The third-order valence-electron chi connectivity index (χ3n) is 10.3. The zero-order valence-corrected chi connectivity index (χ0v) is 26.7. The first-order valence-electron chi connectivity index (χ1n) is 16.6. The van der Waals surface area contributed by atoms with E-state index in [0.717, 1.165) is 71.6 Å². The van der Waals surface area contributed by atoms with Crippen LogP contribution in [-0.4, -0.2) is 63.6 Å². The molecule has 0 radical (unpaired) electrons. The van der Waals surface area contributed by atoms with E-state index in [-0.39, 0.29) is 36.7 Å². The summed E-state index contributed by atoms with van der Waals surface area (Å²) in [6.45, 7) is 3.63. The quantitative estimate of drug-likeness (QED) is 0.237. The lowest BCUT2D eigenvalue weighted by molar-refractivity contribution is -0.131. The van der Waals surface area contributed by atoms with Crippen LogP contribution in [0.25, 0.3) is 22.4 Å². The van der Waals surface area contributed by atoms with E-state index in [9.17, 15) is 9.59 Å². The highest BCUT2D eigenvalue weighted by atomic mass is 19.1. The summed E-state index contributed by atoms with van der Waals surface area (Å²) in [7, 11) is 1.90. The zero-order valence-electron chi connectivity index (χ0n) is 26.7. The number of alkyl halides is 1. The zero-order chi connectivity index (χ0) is 32.3. The maximum Gasteiger partial charge on any atom is 0.258 e. The molecule has 47 heavy (non-hydrogen) atoms. The van der Waals surface area contributed by atoms with E-state index < -0.39 is 17.6 Å². The average Bonchev–Trinajstić information content (AvgIpc) is 3.94. The number of aromatic nitrogens is 3. The van der Waals surface area contributed by atoms with Gasteiger partial charge in [-0.3, -0.25) is 19.3 Å². The van der Waals surface area contributed by atoms with Gasteiger partial charge in [-0.15, -0.1) is 0 Å². The summed E-state index contributed by atoms with van der Waals surface area (Å²) in [5.41, 5.74) is 5.73. The van der Waals surface area contributed by atoms with Crippen LogP contribution in [0.3, 0.4) is 0 Å². The van der Waals surface area contributed by atoms with E-state index in [1.165, 1.54) is 0 Å². The maximum atomic E-state index is 15.0. The second kappa shape index (κ2) is 11.6. The molecule has 4 aliphatic rings. The van der Waals surface area contributed by atoms with Gasteiger partial charge in [-0.25, -0.2) is 4.39 Å². The summed E-state index contributed by atoms with van der Waals surface area (Å²) in [6, 6.07) is 17.3. The van der Waals surface area contributed by atoms with E-state index in [1.807, 2.05) is 79.7 Å². The van der Waals surface area contributed by atoms with Gasteiger partial charge in [0.05, 0.1) is 42.5 Å². The molecule has 4 aromatic rings. The van der Waals surface area contributed by atoms with E-state index in [4.69, 9.17) is 4.74 Å². The molecule has 2 N–H and O–H groups in total. The van der Waals surface area contributed by atoms with Gasteiger partial charge in [0.1, 0.15) is 6.04 Å². The summed E-state index contributed by atoms with van der Waals surface area (Å²) in [4.78, 5) is 34.2. The van der Waals surface area contributed by atoms with Gasteiger partial charge >= 0.3 is 0 Å². The van der Waals surface area contributed by atoms with Gasteiger partial charge in [-0.1, -0.05) is 36.4 Å². The largest absolute Gasteiger partial charge is 0.374 e. The molecule has 4 fully saturated rings. The monoisotopic (exact) mass is 634 g/mol. The summed E-state index contributed by atoms with van der Waals surface area (Å²) < 4.78 is 22.6. The number of rotatable bonds is 10. The number of fused-ring (bicyclic) bond motifs is 2. The summed E-state index contributed by atoms with van der Waals surface area (Å²) in [5.74, 6) is -1.19. The molecule has 8 rings (SSSR count). The third-order valence-corrected chi connectivity index (χ3v) is 10.3. The van der Waals surface area contributed by atoms with E-state index in [1.54, 1.807) is 0 Å². The lowest BCUT2D eigenvalue weighted by atomic mass is 9.85. The van der Waals surface area contributed by atoms with Crippen LogP contribution in [0.5, 0.6) is 0 Å². The van der Waals surface area contributed by atoms with Crippen molar-refractivity contribution in [3.8, 4) is 22.4 Å². The molecule has 10 heteroatoms. The molecular formula is C37H39FN6O3. The molecule has 4 atom stereocenters. The highest BCUT2D eigenvalue weighted by Gasteiger charge is 2.53. The number of ether oxygens (including phenoxy) is 1. The minimum absolute atomic E-state index is 0.180. The van der Waals surface area contributed by atoms with Gasteiger partial charge in [0.15, 0.2) is 5.67 Å². The Balaban J connectivity index is 1.08. The van der Waals surface area contributed by atoms with Crippen LogP contribution in [0.15, 0.2) is 73.2 Å². The molecule has 2 aliphatic heterocycles. The maximum absolute atomic E-state index is 15.0. The van der Waals surface area contributed by atoms with Crippen molar-refractivity contribution >= 4 is 23.2 Å². The Kier molecular flexibility index (Phi) is 7.35. The first-order chi connectivity index (χ1) is 22.8. The van der Waals surface area contributed by atoms with E-state index in [0.29, 0.717) is 11.7 Å². The van der Waals surface area contributed by atoms with Crippen LogP contribution in [0.1, 0.15) is 49.1 Å². The number of hydrogen-bond acceptors (Lipinski definition) is 6. The number of anilines is 2. The number of hydrogen-bond donors (Lipinski definition) is 2. The number of pyridine rings is 1. The smallest absolute Gasteiger partial charge is 0.258 e. The third kappa shape index (κ3) is 5.79. The van der Waals surface area contributed by atoms with Crippen molar-refractivity contribution in [2.24, 2.45) is 13.0 Å². The minimum atomic E-state index is -1.90. The molecule has 242 valence electrons. The highest BCUT2D eigenvalue weighted by Crippen LogP contribution is 2.47. The Bertz CT molecular complexity index is 1810. The van der Waals surface area contributed by atoms with Gasteiger partial charge < -0.3 is 20.3 Å². The van der Waals surface area contributed by atoms with Crippen molar-refractivity contribution in [3.63, 3.8) is 0 Å². The molecular weight excluding hydrogens is 595 g/mol. The molecule has 2 aromatic heterocycles. The SMILES string of the molecule is Cc1cnn(C)c1-c1ccc(NC(=O)[C@@H](NC(=O)C2(F)CC2)C(c2cccc(-c3cncc(N4C[C@@H]5C[C@H]4CO5)c3)c2)C2CC2)cc1. The van der Waals surface area contributed by atoms with Gasteiger partial charge in [0.25, 0.3) is 5.91 Å². The van der Waals surface area contributed by atoms with Gasteiger partial charge in [-0.05, 0) is 79.8 Å². The standard InChI is InChI=1S/C37H39FN6O3/c1-22-17-40-43(2)34(22)24-8-10-28(11-9-24)41-35(45)33(42-36(46)37(38)12-13-37)32(23-6-7-23)26-5-3-4-25(14-26)27-15-29(19-39-18-27)44-20-31-16-30(44)21-47-31/h3-5,8-11,14-15,17-19,23,30-33H,6-7,12-13,16,20-21H2,1-2H3,(H,41,45)(H,42,46)/t30-,31-,32?,33-/m0/s1. The number of benzene rings is 2. The van der Waals surface area contributed by atoms with Crippen molar-refractivity contribution in [3.05, 3.63) is 84.3 Å². The first kappa shape index (κ1) is 29.8. The van der Waals surface area contributed by atoms with Crippen LogP contribution in [0, 0.1) is 12.8 Å². The number of halogens is 1. The number of morpholine rings is 1. The van der Waals surface area contributed by atoms with Gasteiger partial charge in [-0.2, -0.15) is 5.10 Å². The van der Waals surface area contributed by atoms with Crippen LogP contribution in [0.4, 0.5) is 15.8 Å². The lowest BCUT2D eigenvalue weighted by Gasteiger charge is -2.29. The average molecular weight is 635 g/mol. The van der Waals surface area contributed by atoms with Crippen molar-refractivity contribution in [1.29, 1.82) is 0 Å². The van der Waals surface area contributed by atoms with Gasteiger partial charge in [0.2, 0.25) is 5.91 Å². The number of nitrogens with one attached hydrogen (secondary N) is 2. The summed E-state index contributed by atoms with van der Waals surface area (Å²) in [5, 5.41) is 10.2.